The fourth-order valence-electron chi connectivity index (χ4n) is 1.80. The van der Waals surface area contributed by atoms with Crippen LogP contribution in [-0.4, -0.2) is 64.1 Å². The number of hydrogen-bond acceptors (Lipinski definition) is 5. The third-order valence-corrected chi connectivity index (χ3v) is 3.07. The summed E-state index contributed by atoms with van der Waals surface area (Å²) in [5.41, 5.74) is 0. The fraction of sp³-hybridized carbons (Fsp3) is 0.647. The lowest BCUT2D eigenvalue weighted by Gasteiger charge is -2.12. The number of nitrogens with zero attached hydrogens (tertiary/aromatic N) is 2. The largest absolute Gasteiger partial charge is 0.490 e. The Morgan fingerprint density at radius 1 is 1.08 bits per heavy atom. The fourth-order valence-corrected chi connectivity index (χ4v) is 1.80. The number of pyridine rings is 1. The molecule has 0 aliphatic carbocycles. The lowest BCUT2D eigenvalue weighted by atomic mass is 10.4. The zero-order valence-electron chi connectivity index (χ0n) is 15.2. The van der Waals surface area contributed by atoms with Crippen LogP contribution < -0.4 is 15.4 Å². The van der Waals surface area contributed by atoms with Crippen molar-refractivity contribution in [3.63, 3.8) is 0 Å². The Labute approximate surface area is 168 Å². The number of nitrogens with one attached hydrogen (secondary N) is 2. The van der Waals surface area contributed by atoms with Gasteiger partial charge in [-0.3, -0.25) is 9.98 Å². The number of guanidine groups is 1. The van der Waals surface area contributed by atoms with Gasteiger partial charge in [0.15, 0.2) is 5.96 Å². The second kappa shape index (κ2) is 17.7. The first-order valence-corrected chi connectivity index (χ1v) is 8.49. The smallest absolute Gasteiger partial charge is 0.191 e. The van der Waals surface area contributed by atoms with Crippen LogP contribution >= 0.6 is 24.0 Å². The van der Waals surface area contributed by atoms with E-state index in [0.717, 1.165) is 31.2 Å². The Hall–Kier alpha value is -1.13. The number of ether oxygens (including phenoxy) is 3. The lowest BCUT2D eigenvalue weighted by molar-refractivity contribution is 0.0487. The van der Waals surface area contributed by atoms with Crippen LogP contribution in [0.3, 0.4) is 0 Å². The molecule has 7 nitrogen and oxygen atoms in total. The summed E-state index contributed by atoms with van der Waals surface area (Å²) < 4.78 is 16.5. The Bertz CT molecular complexity index is 435. The molecule has 0 atom stereocenters. The van der Waals surface area contributed by atoms with Crippen molar-refractivity contribution in [1.29, 1.82) is 0 Å². The molecule has 0 aliphatic heterocycles. The molecule has 2 N–H and O–H groups in total. The minimum Gasteiger partial charge on any atom is -0.490 e. The Morgan fingerprint density at radius 3 is 2.44 bits per heavy atom. The van der Waals surface area contributed by atoms with Crippen molar-refractivity contribution >= 4 is 29.9 Å². The van der Waals surface area contributed by atoms with Gasteiger partial charge in [-0.1, -0.05) is 13.3 Å². The van der Waals surface area contributed by atoms with Gasteiger partial charge in [-0.05, 0) is 18.6 Å². The van der Waals surface area contributed by atoms with E-state index in [1.54, 1.807) is 19.4 Å². The van der Waals surface area contributed by atoms with Crippen LogP contribution in [0.15, 0.2) is 29.5 Å². The first-order valence-electron chi connectivity index (χ1n) is 8.49. The van der Waals surface area contributed by atoms with Gasteiger partial charge in [-0.15, -0.1) is 24.0 Å². The van der Waals surface area contributed by atoms with Gasteiger partial charge in [0.25, 0.3) is 0 Å². The molecule has 0 radical (unpaired) electrons. The molecule has 0 bridgehead atoms. The van der Waals surface area contributed by atoms with E-state index in [1.165, 1.54) is 0 Å². The lowest BCUT2D eigenvalue weighted by Crippen LogP contribution is -2.40. The van der Waals surface area contributed by atoms with Crippen LogP contribution in [0, 0.1) is 0 Å². The van der Waals surface area contributed by atoms with Crippen molar-refractivity contribution < 1.29 is 14.2 Å². The van der Waals surface area contributed by atoms with Crippen LogP contribution in [-0.2, 0) is 9.47 Å². The monoisotopic (exact) mass is 466 g/mol. The number of unbranched alkanes of at least 4 members (excludes halogenated alkanes) is 1. The highest BCUT2D eigenvalue weighted by Crippen LogP contribution is 2.04. The standard InChI is InChI=1S/C17H30N4O3.HI/c1-3-4-10-22-13-14-23-11-8-20-17(18-2)21-9-12-24-16-6-5-7-19-15-16;/h5-7,15H,3-4,8-14H2,1-2H3,(H2,18,20,21);1H. The molecule has 0 aromatic carbocycles. The molecule has 25 heavy (non-hydrogen) atoms. The zero-order valence-corrected chi connectivity index (χ0v) is 17.5. The molecular weight excluding hydrogens is 435 g/mol. The molecule has 0 fully saturated rings. The van der Waals surface area contributed by atoms with Crippen molar-refractivity contribution in [2.75, 3.05) is 53.2 Å². The SMILES string of the molecule is CCCCOCCOCCNC(=NC)NCCOc1cccnc1.I. The van der Waals surface area contributed by atoms with Gasteiger partial charge >= 0.3 is 0 Å². The summed E-state index contributed by atoms with van der Waals surface area (Å²) in [5.74, 6) is 1.49. The molecule has 1 heterocycles. The van der Waals surface area contributed by atoms with Crippen LogP contribution in [0.25, 0.3) is 0 Å². The van der Waals surface area contributed by atoms with Crippen LogP contribution in [0.2, 0.25) is 0 Å². The van der Waals surface area contributed by atoms with Crippen LogP contribution in [0.1, 0.15) is 19.8 Å². The molecule has 0 unspecified atom stereocenters. The molecular formula is C17H31IN4O3. The number of aliphatic imine (C=N–C) groups is 1. The van der Waals surface area contributed by atoms with E-state index >= 15 is 0 Å². The van der Waals surface area contributed by atoms with E-state index in [2.05, 4.69) is 27.5 Å². The summed E-state index contributed by atoms with van der Waals surface area (Å²) in [7, 11) is 1.74. The molecule has 0 saturated carbocycles. The van der Waals surface area contributed by atoms with E-state index in [1.807, 2.05) is 12.1 Å². The Morgan fingerprint density at radius 2 is 1.80 bits per heavy atom. The van der Waals surface area contributed by atoms with Gasteiger partial charge in [0.2, 0.25) is 0 Å². The van der Waals surface area contributed by atoms with Gasteiger partial charge in [0.1, 0.15) is 12.4 Å². The number of aromatic nitrogens is 1. The average molecular weight is 466 g/mol. The molecule has 0 amide bonds. The quantitative estimate of drug-likeness (QED) is 0.201. The second-order valence-electron chi connectivity index (χ2n) is 5.04. The third-order valence-electron chi connectivity index (χ3n) is 3.07. The van der Waals surface area contributed by atoms with E-state index in [9.17, 15) is 0 Å². The summed E-state index contributed by atoms with van der Waals surface area (Å²) >= 11 is 0. The topological polar surface area (TPSA) is 77.0 Å². The Balaban J connectivity index is 0.00000576. The van der Waals surface area contributed by atoms with Crippen molar-refractivity contribution in [1.82, 2.24) is 15.6 Å². The van der Waals surface area contributed by atoms with Gasteiger partial charge in [-0.25, -0.2) is 0 Å². The first-order chi connectivity index (χ1) is 11.9. The van der Waals surface area contributed by atoms with Crippen LogP contribution in [0.4, 0.5) is 0 Å². The highest BCUT2D eigenvalue weighted by molar-refractivity contribution is 14.0. The maximum Gasteiger partial charge on any atom is 0.191 e. The number of hydrogen-bond donors (Lipinski definition) is 2. The summed E-state index contributed by atoms with van der Waals surface area (Å²) in [6.45, 7) is 6.74. The molecule has 144 valence electrons. The molecule has 0 aliphatic rings. The highest BCUT2D eigenvalue weighted by atomic mass is 127. The predicted octanol–water partition coefficient (Wildman–Crippen LogP) is 2.08. The van der Waals surface area contributed by atoms with Gasteiger partial charge in [0, 0.05) is 26.4 Å². The zero-order chi connectivity index (χ0) is 17.3. The minimum absolute atomic E-state index is 0. The van der Waals surface area contributed by atoms with Crippen molar-refractivity contribution in [3.05, 3.63) is 24.5 Å². The van der Waals surface area contributed by atoms with Crippen molar-refractivity contribution in [2.24, 2.45) is 4.99 Å². The molecule has 0 saturated heterocycles. The van der Waals surface area contributed by atoms with E-state index in [0.29, 0.717) is 39.5 Å². The predicted molar refractivity (Wildman–Crippen MR) is 111 cm³/mol. The normalized spacial score (nSPS) is 10.9. The summed E-state index contributed by atoms with van der Waals surface area (Å²) in [5, 5.41) is 6.36. The van der Waals surface area contributed by atoms with Gasteiger partial charge in [0.05, 0.1) is 32.6 Å². The second-order valence-corrected chi connectivity index (χ2v) is 5.04. The molecule has 8 heteroatoms. The first kappa shape index (κ1) is 23.9. The average Bonchev–Trinajstić information content (AvgIpc) is 2.63. The Kier molecular flexibility index (Phi) is 16.9. The summed E-state index contributed by atoms with van der Waals surface area (Å²) in [6.07, 6.45) is 5.67. The molecule has 0 spiro atoms. The molecule has 1 aromatic heterocycles. The summed E-state index contributed by atoms with van der Waals surface area (Å²) in [4.78, 5) is 8.14. The van der Waals surface area contributed by atoms with E-state index < -0.39 is 0 Å². The van der Waals surface area contributed by atoms with Crippen molar-refractivity contribution in [3.8, 4) is 5.75 Å². The minimum atomic E-state index is 0. The number of halogens is 1. The highest BCUT2D eigenvalue weighted by Gasteiger charge is 1.98. The number of rotatable bonds is 13. The van der Waals surface area contributed by atoms with Gasteiger partial charge in [-0.2, -0.15) is 0 Å². The maximum absolute atomic E-state index is 5.55. The van der Waals surface area contributed by atoms with E-state index in [4.69, 9.17) is 14.2 Å². The maximum atomic E-state index is 5.55. The van der Waals surface area contributed by atoms with E-state index in [-0.39, 0.29) is 24.0 Å². The molecule has 1 aromatic rings. The van der Waals surface area contributed by atoms with Crippen molar-refractivity contribution in [2.45, 2.75) is 19.8 Å². The summed E-state index contributed by atoms with van der Waals surface area (Å²) in [6, 6.07) is 3.72. The third kappa shape index (κ3) is 13.8. The molecule has 1 rings (SSSR count). The van der Waals surface area contributed by atoms with Gasteiger partial charge < -0.3 is 24.8 Å². The van der Waals surface area contributed by atoms with Crippen LogP contribution in [0.5, 0.6) is 5.75 Å².